The van der Waals surface area contributed by atoms with Crippen molar-refractivity contribution in [3.05, 3.63) is 0 Å². The Kier molecular flexibility index (Phi) is 5.62. The molecule has 0 aromatic carbocycles. The first-order valence-corrected chi connectivity index (χ1v) is 6.95. The minimum Gasteiger partial charge on any atom is -0.466 e. The molecule has 1 aliphatic carbocycles. The average Bonchev–Trinajstić information content (AvgIpc) is 2.60. The quantitative estimate of drug-likeness (QED) is 0.682. The zero-order valence-corrected chi connectivity index (χ0v) is 11.5. The smallest absolute Gasteiger partial charge is 0.302 e. The van der Waals surface area contributed by atoms with Crippen LogP contribution in [0.5, 0.6) is 0 Å². The number of thioether (sulfide) groups is 1. The van der Waals surface area contributed by atoms with Gasteiger partial charge in [-0.2, -0.15) is 0 Å². The van der Waals surface area contributed by atoms with Crippen molar-refractivity contribution in [2.24, 2.45) is 5.92 Å². The van der Waals surface area contributed by atoms with Crippen LogP contribution in [0.3, 0.4) is 0 Å². The van der Waals surface area contributed by atoms with Crippen molar-refractivity contribution < 1.29 is 24.5 Å². The zero-order chi connectivity index (χ0) is 13.8. The van der Waals surface area contributed by atoms with Gasteiger partial charge in [0.05, 0.1) is 24.1 Å². The molecule has 0 aromatic heterocycles. The van der Waals surface area contributed by atoms with E-state index >= 15 is 0 Å². The summed E-state index contributed by atoms with van der Waals surface area (Å²) in [5, 5.41) is 18.1. The van der Waals surface area contributed by atoms with E-state index in [2.05, 4.69) is 0 Å². The molecule has 1 aliphatic rings. The van der Waals surface area contributed by atoms with E-state index in [0.717, 1.165) is 0 Å². The predicted molar refractivity (Wildman–Crippen MR) is 68.3 cm³/mol. The molecule has 3 atom stereocenters. The van der Waals surface area contributed by atoms with Gasteiger partial charge in [-0.25, -0.2) is 0 Å². The maximum absolute atomic E-state index is 11.9. The maximum atomic E-state index is 11.9. The molecule has 0 radical (unpaired) electrons. The summed E-state index contributed by atoms with van der Waals surface area (Å²) in [6, 6.07) is 0. The Morgan fingerprint density at radius 3 is 2.89 bits per heavy atom. The van der Waals surface area contributed by atoms with Crippen LogP contribution in [0.4, 0.5) is 0 Å². The van der Waals surface area contributed by atoms with Crippen LogP contribution in [0.2, 0.25) is 0 Å². The minimum absolute atomic E-state index is 0.0603. The van der Waals surface area contributed by atoms with Gasteiger partial charge in [-0.1, -0.05) is 0 Å². The summed E-state index contributed by atoms with van der Waals surface area (Å²) in [4.78, 5) is 22.7. The number of hydrogen-bond donors (Lipinski definition) is 2. The molecule has 0 bridgehead atoms. The predicted octanol–water partition coefficient (Wildman–Crippen LogP) is 0.374. The summed E-state index contributed by atoms with van der Waals surface area (Å²) in [5.41, 5.74) is 0. The fourth-order valence-corrected chi connectivity index (χ4v) is 3.30. The van der Waals surface area contributed by atoms with E-state index in [-0.39, 0.29) is 30.9 Å². The molecule has 0 aliphatic heterocycles. The molecule has 0 aromatic rings. The number of Topliss-reactive ketones (excluding diaryl/α,β-unsaturated/α-hetero) is 1. The summed E-state index contributed by atoms with van der Waals surface area (Å²) < 4.78 is 4.38. The Labute approximate surface area is 111 Å². The lowest BCUT2D eigenvalue weighted by molar-refractivity contribution is -0.142. The zero-order valence-electron chi connectivity index (χ0n) is 10.7. The van der Waals surface area contributed by atoms with Crippen LogP contribution in [0.15, 0.2) is 0 Å². The van der Waals surface area contributed by atoms with Crippen LogP contribution in [-0.2, 0) is 14.3 Å². The van der Waals surface area contributed by atoms with Crippen molar-refractivity contribution in [1.82, 2.24) is 0 Å². The molecular formula is C12H20O5S. The van der Waals surface area contributed by atoms with Crippen molar-refractivity contribution in [3.8, 4) is 0 Å². The van der Waals surface area contributed by atoms with E-state index in [9.17, 15) is 14.7 Å². The second-order valence-corrected chi connectivity index (χ2v) is 6.40. The van der Waals surface area contributed by atoms with E-state index < -0.39 is 10.9 Å². The van der Waals surface area contributed by atoms with Crippen LogP contribution in [-0.4, -0.2) is 51.8 Å². The van der Waals surface area contributed by atoms with Gasteiger partial charge in [-0.05, 0) is 13.3 Å². The molecular weight excluding hydrogens is 256 g/mol. The molecule has 1 fully saturated rings. The van der Waals surface area contributed by atoms with Gasteiger partial charge in [-0.3, -0.25) is 9.59 Å². The summed E-state index contributed by atoms with van der Waals surface area (Å²) in [5.74, 6) is 0.179. The third-order valence-electron chi connectivity index (χ3n) is 3.07. The second-order valence-electron chi connectivity index (χ2n) is 4.88. The van der Waals surface area contributed by atoms with Gasteiger partial charge in [0.15, 0.2) is 0 Å². The highest BCUT2D eigenvalue weighted by molar-refractivity contribution is 8.01. The molecule has 0 saturated heterocycles. The number of rotatable bonds is 6. The van der Waals surface area contributed by atoms with Crippen molar-refractivity contribution in [2.75, 3.05) is 19.0 Å². The number of carbonyl (C=O) groups is 2. The van der Waals surface area contributed by atoms with E-state index in [1.165, 1.54) is 18.7 Å². The molecule has 1 saturated carbocycles. The molecule has 6 heteroatoms. The first-order chi connectivity index (χ1) is 8.37. The van der Waals surface area contributed by atoms with Crippen molar-refractivity contribution >= 4 is 23.5 Å². The lowest BCUT2D eigenvalue weighted by atomic mass is 10.1. The van der Waals surface area contributed by atoms with Gasteiger partial charge in [0.1, 0.15) is 5.78 Å². The van der Waals surface area contributed by atoms with Crippen LogP contribution < -0.4 is 0 Å². The number of ketones is 1. The van der Waals surface area contributed by atoms with Crippen LogP contribution >= 0.6 is 11.8 Å². The lowest BCUT2D eigenvalue weighted by Gasteiger charge is -2.23. The normalized spacial score (nSPS) is 29.3. The summed E-state index contributed by atoms with van der Waals surface area (Å²) in [6.07, 6.45) is 0.251. The summed E-state index contributed by atoms with van der Waals surface area (Å²) in [6.45, 7) is 3.17. The number of carbonyl (C=O) groups excluding carboxylic acids is 2. The Bertz CT molecular complexity index is 320. The average molecular weight is 276 g/mol. The Morgan fingerprint density at radius 2 is 2.33 bits per heavy atom. The minimum atomic E-state index is -0.799. The highest BCUT2D eigenvalue weighted by Gasteiger charge is 2.43. The van der Waals surface area contributed by atoms with E-state index in [1.54, 1.807) is 0 Å². The topological polar surface area (TPSA) is 83.8 Å². The number of ether oxygens (including phenoxy) is 1. The molecule has 0 amide bonds. The second kappa shape index (κ2) is 6.54. The maximum Gasteiger partial charge on any atom is 0.302 e. The van der Waals surface area contributed by atoms with Gasteiger partial charge in [0.25, 0.3) is 0 Å². The fourth-order valence-electron chi connectivity index (χ4n) is 2.04. The van der Waals surface area contributed by atoms with Gasteiger partial charge in [0, 0.05) is 25.0 Å². The van der Waals surface area contributed by atoms with E-state index in [1.807, 2.05) is 6.92 Å². The molecule has 3 unspecified atom stereocenters. The molecule has 0 spiro atoms. The Hall–Kier alpha value is -0.590. The lowest BCUT2D eigenvalue weighted by Crippen LogP contribution is -2.29. The molecule has 0 heterocycles. The Balaban J connectivity index is 2.46. The van der Waals surface area contributed by atoms with Crippen LogP contribution in [0, 0.1) is 5.92 Å². The van der Waals surface area contributed by atoms with Crippen molar-refractivity contribution in [3.63, 3.8) is 0 Å². The Morgan fingerprint density at radius 1 is 1.67 bits per heavy atom. The number of hydrogen-bond acceptors (Lipinski definition) is 6. The fraction of sp³-hybridized carbons (Fsp3) is 0.833. The standard InChI is InChI=1S/C12H20O5S/c1-8(14)17-6-9-3-11(16)12(2,4-9)18-7-10(15)5-13/h9-10,13,15H,3-7H2,1-2H3. The first kappa shape index (κ1) is 15.5. The van der Waals surface area contributed by atoms with Gasteiger partial charge in [0.2, 0.25) is 0 Å². The third kappa shape index (κ3) is 4.26. The van der Waals surface area contributed by atoms with Crippen LogP contribution in [0.25, 0.3) is 0 Å². The number of esters is 1. The molecule has 18 heavy (non-hydrogen) atoms. The molecule has 1 rings (SSSR count). The highest BCUT2D eigenvalue weighted by Crippen LogP contribution is 2.41. The molecule has 104 valence electrons. The first-order valence-electron chi connectivity index (χ1n) is 5.97. The highest BCUT2D eigenvalue weighted by atomic mass is 32.2. The van der Waals surface area contributed by atoms with E-state index in [4.69, 9.17) is 9.84 Å². The summed E-state index contributed by atoms with van der Waals surface area (Å²) in [7, 11) is 0. The van der Waals surface area contributed by atoms with Gasteiger partial charge >= 0.3 is 5.97 Å². The van der Waals surface area contributed by atoms with Gasteiger partial charge in [-0.15, -0.1) is 11.8 Å². The van der Waals surface area contributed by atoms with Gasteiger partial charge < -0.3 is 14.9 Å². The van der Waals surface area contributed by atoms with Crippen LogP contribution in [0.1, 0.15) is 26.7 Å². The largest absolute Gasteiger partial charge is 0.466 e. The molecule has 5 nitrogen and oxygen atoms in total. The van der Waals surface area contributed by atoms with Crippen molar-refractivity contribution in [2.45, 2.75) is 37.5 Å². The summed E-state index contributed by atoms with van der Waals surface area (Å²) >= 11 is 1.37. The third-order valence-corrected chi connectivity index (χ3v) is 4.65. The van der Waals surface area contributed by atoms with Crippen molar-refractivity contribution in [1.29, 1.82) is 0 Å². The SMILES string of the molecule is CC(=O)OCC1CC(=O)C(C)(SCC(O)CO)C1. The number of aliphatic hydroxyl groups excluding tert-OH is 2. The van der Waals surface area contributed by atoms with E-state index in [0.29, 0.717) is 18.6 Å². The molecule has 2 N–H and O–H groups in total. The number of aliphatic hydroxyl groups is 2. The monoisotopic (exact) mass is 276 g/mol.